The first-order valence-electron chi connectivity index (χ1n) is 4.54. The number of hydrogen-bond donors (Lipinski definition) is 1. The lowest BCUT2D eigenvalue weighted by Crippen LogP contribution is -1.94. The van der Waals surface area contributed by atoms with Crippen molar-refractivity contribution in [3.8, 4) is 9.75 Å². The number of hydrogen-bond acceptors (Lipinski definition) is 4. The molecule has 5 heteroatoms. The standard InChI is InChI=1S/C10H11BrN2S2/c1-5-10(15-9(4-12)13-5)8-3-7(11)6(2)14-8/h3H,4,12H2,1-2H3. The Morgan fingerprint density at radius 3 is 2.60 bits per heavy atom. The third-order valence-corrected chi connectivity index (χ3v) is 5.59. The summed E-state index contributed by atoms with van der Waals surface area (Å²) in [6.45, 7) is 4.67. The summed E-state index contributed by atoms with van der Waals surface area (Å²) in [7, 11) is 0. The Bertz CT molecular complexity index is 468. The van der Waals surface area contributed by atoms with E-state index in [9.17, 15) is 0 Å². The van der Waals surface area contributed by atoms with Gasteiger partial charge in [-0.3, -0.25) is 0 Å². The molecule has 0 spiro atoms. The molecule has 0 amide bonds. The minimum absolute atomic E-state index is 0.525. The Kier molecular flexibility index (Phi) is 3.25. The third kappa shape index (κ3) is 2.15. The van der Waals surface area contributed by atoms with Gasteiger partial charge in [0.15, 0.2) is 0 Å². The van der Waals surface area contributed by atoms with Crippen molar-refractivity contribution in [3.63, 3.8) is 0 Å². The molecule has 2 heterocycles. The molecule has 0 fully saturated rings. The Morgan fingerprint density at radius 1 is 1.40 bits per heavy atom. The molecule has 0 aliphatic rings. The van der Waals surface area contributed by atoms with Gasteiger partial charge in [0.05, 0.1) is 10.6 Å². The number of aromatic nitrogens is 1. The zero-order valence-electron chi connectivity index (χ0n) is 8.50. The van der Waals surface area contributed by atoms with Crippen LogP contribution in [0.1, 0.15) is 15.6 Å². The number of thiophene rings is 1. The number of rotatable bonds is 2. The van der Waals surface area contributed by atoms with Crippen LogP contribution >= 0.6 is 38.6 Å². The van der Waals surface area contributed by atoms with E-state index in [1.165, 1.54) is 19.1 Å². The average Bonchev–Trinajstić information content (AvgIpc) is 2.71. The van der Waals surface area contributed by atoms with Crippen molar-refractivity contribution in [2.45, 2.75) is 20.4 Å². The second kappa shape index (κ2) is 4.33. The fraction of sp³-hybridized carbons (Fsp3) is 0.300. The molecule has 0 saturated carbocycles. The third-order valence-electron chi connectivity index (χ3n) is 2.10. The largest absolute Gasteiger partial charge is 0.325 e. The van der Waals surface area contributed by atoms with E-state index in [1.54, 1.807) is 22.7 Å². The Balaban J connectivity index is 2.48. The highest BCUT2D eigenvalue weighted by Crippen LogP contribution is 2.38. The van der Waals surface area contributed by atoms with Crippen molar-refractivity contribution in [1.82, 2.24) is 4.98 Å². The highest BCUT2D eigenvalue weighted by atomic mass is 79.9. The normalized spacial score (nSPS) is 10.9. The molecule has 0 atom stereocenters. The molecular formula is C10H11BrN2S2. The molecule has 0 aromatic carbocycles. The van der Waals surface area contributed by atoms with Gasteiger partial charge in [-0.2, -0.15) is 0 Å². The van der Waals surface area contributed by atoms with Gasteiger partial charge in [-0.25, -0.2) is 4.98 Å². The quantitative estimate of drug-likeness (QED) is 0.918. The second-order valence-electron chi connectivity index (χ2n) is 3.24. The van der Waals surface area contributed by atoms with Gasteiger partial charge in [-0.15, -0.1) is 22.7 Å². The zero-order chi connectivity index (χ0) is 11.0. The molecule has 2 rings (SSSR count). The number of halogens is 1. The maximum atomic E-state index is 5.59. The van der Waals surface area contributed by atoms with Crippen molar-refractivity contribution in [3.05, 3.63) is 26.1 Å². The molecule has 0 bridgehead atoms. The maximum Gasteiger partial charge on any atom is 0.107 e. The van der Waals surface area contributed by atoms with E-state index in [1.807, 2.05) is 6.92 Å². The summed E-state index contributed by atoms with van der Waals surface area (Å²) in [4.78, 5) is 8.24. The van der Waals surface area contributed by atoms with Gasteiger partial charge in [0, 0.05) is 20.8 Å². The Labute approximate surface area is 105 Å². The summed E-state index contributed by atoms with van der Waals surface area (Å²) in [5.41, 5.74) is 6.67. The molecule has 0 radical (unpaired) electrons. The van der Waals surface area contributed by atoms with Gasteiger partial charge in [-0.05, 0) is 35.8 Å². The molecule has 0 aliphatic carbocycles. The van der Waals surface area contributed by atoms with Crippen LogP contribution in [-0.4, -0.2) is 4.98 Å². The molecule has 2 aromatic rings. The number of aryl methyl sites for hydroxylation is 2. The smallest absolute Gasteiger partial charge is 0.107 e. The van der Waals surface area contributed by atoms with Crippen molar-refractivity contribution in [2.75, 3.05) is 0 Å². The maximum absolute atomic E-state index is 5.59. The molecule has 2 aromatic heterocycles. The first kappa shape index (κ1) is 11.3. The van der Waals surface area contributed by atoms with Crippen LogP contribution < -0.4 is 5.73 Å². The summed E-state index contributed by atoms with van der Waals surface area (Å²) in [6.07, 6.45) is 0. The van der Waals surface area contributed by atoms with E-state index in [0.29, 0.717) is 6.54 Å². The summed E-state index contributed by atoms with van der Waals surface area (Å²) in [5, 5.41) is 1.00. The van der Waals surface area contributed by atoms with Crippen molar-refractivity contribution in [1.29, 1.82) is 0 Å². The molecule has 0 aliphatic heterocycles. The fourth-order valence-electron chi connectivity index (χ4n) is 1.34. The van der Waals surface area contributed by atoms with Crippen molar-refractivity contribution in [2.24, 2.45) is 5.73 Å². The predicted octanol–water partition coefficient (Wildman–Crippen LogP) is 3.71. The molecular weight excluding hydrogens is 292 g/mol. The van der Waals surface area contributed by atoms with E-state index in [2.05, 4.69) is 33.9 Å². The van der Waals surface area contributed by atoms with Crippen molar-refractivity contribution < 1.29 is 0 Å². The minimum atomic E-state index is 0.525. The molecule has 15 heavy (non-hydrogen) atoms. The SMILES string of the molecule is Cc1nc(CN)sc1-c1cc(Br)c(C)s1. The van der Waals surface area contributed by atoms with Gasteiger partial charge >= 0.3 is 0 Å². The van der Waals surface area contributed by atoms with Gasteiger partial charge in [0.25, 0.3) is 0 Å². The van der Waals surface area contributed by atoms with Crippen LogP contribution in [0.5, 0.6) is 0 Å². The molecule has 0 unspecified atom stereocenters. The van der Waals surface area contributed by atoms with Gasteiger partial charge in [-0.1, -0.05) is 0 Å². The van der Waals surface area contributed by atoms with E-state index in [4.69, 9.17) is 5.73 Å². The number of thiazole rings is 1. The highest BCUT2D eigenvalue weighted by molar-refractivity contribution is 9.10. The lowest BCUT2D eigenvalue weighted by Gasteiger charge is -1.90. The van der Waals surface area contributed by atoms with Crippen LogP contribution in [-0.2, 0) is 6.54 Å². The first-order chi connectivity index (χ1) is 7.11. The molecule has 2 nitrogen and oxygen atoms in total. The molecule has 0 saturated heterocycles. The topological polar surface area (TPSA) is 38.9 Å². The second-order valence-corrected chi connectivity index (χ2v) is 6.44. The van der Waals surface area contributed by atoms with Gasteiger partial charge in [0.2, 0.25) is 0 Å². The van der Waals surface area contributed by atoms with Crippen LogP contribution in [0.25, 0.3) is 9.75 Å². The van der Waals surface area contributed by atoms with Crippen LogP contribution in [0.2, 0.25) is 0 Å². The Morgan fingerprint density at radius 2 is 2.13 bits per heavy atom. The highest BCUT2D eigenvalue weighted by Gasteiger charge is 2.12. The molecule has 2 N–H and O–H groups in total. The first-order valence-corrected chi connectivity index (χ1v) is 6.97. The van der Waals surface area contributed by atoms with Gasteiger partial charge < -0.3 is 5.73 Å². The van der Waals surface area contributed by atoms with Gasteiger partial charge in [0.1, 0.15) is 5.01 Å². The van der Waals surface area contributed by atoms with Crippen LogP contribution in [0.15, 0.2) is 10.5 Å². The lowest BCUT2D eigenvalue weighted by atomic mass is 10.3. The predicted molar refractivity (Wildman–Crippen MR) is 70.5 cm³/mol. The van der Waals surface area contributed by atoms with Crippen LogP contribution in [0, 0.1) is 13.8 Å². The summed E-state index contributed by atoms with van der Waals surface area (Å²) in [5.74, 6) is 0. The van der Waals surface area contributed by atoms with Crippen molar-refractivity contribution >= 4 is 38.6 Å². The zero-order valence-corrected chi connectivity index (χ0v) is 11.7. The average molecular weight is 303 g/mol. The van der Waals surface area contributed by atoms with E-state index < -0.39 is 0 Å². The summed E-state index contributed by atoms with van der Waals surface area (Å²) in [6, 6.07) is 2.15. The van der Waals surface area contributed by atoms with E-state index in [0.717, 1.165) is 10.7 Å². The minimum Gasteiger partial charge on any atom is -0.325 e. The van der Waals surface area contributed by atoms with Crippen LogP contribution in [0.4, 0.5) is 0 Å². The molecule has 80 valence electrons. The van der Waals surface area contributed by atoms with E-state index in [-0.39, 0.29) is 0 Å². The van der Waals surface area contributed by atoms with Crippen LogP contribution in [0.3, 0.4) is 0 Å². The van der Waals surface area contributed by atoms with E-state index >= 15 is 0 Å². The number of nitrogens with two attached hydrogens (primary N) is 1. The monoisotopic (exact) mass is 302 g/mol. The lowest BCUT2D eigenvalue weighted by molar-refractivity contribution is 1.02. The summed E-state index contributed by atoms with van der Waals surface area (Å²) < 4.78 is 1.17. The Hall–Kier alpha value is -0.230. The summed E-state index contributed by atoms with van der Waals surface area (Å²) >= 11 is 7.01. The fourth-order valence-corrected chi connectivity index (χ4v) is 3.97. The number of nitrogens with zero attached hydrogens (tertiary/aromatic N) is 1.